The van der Waals surface area contributed by atoms with Crippen LogP contribution in [0, 0.1) is 0 Å². The van der Waals surface area contributed by atoms with Gasteiger partial charge in [-0.25, -0.2) is 9.59 Å². The fourth-order valence-corrected chi connectivity index (χ4v) is 2.35. The number of likely N-dealkylation sites (N-methyl/N-ethyl adjacent to an activating group) is 3. The van der Waals surface area contributed by atoms with Crippen molar-refractivity contribution in [1.29, 1.82) is 0 Å². The second kappa shape index (κ2) is 13.0. The van der Waals surface area contributed by atoms with Crippen molar-refractivity contribution in [3.63, 3.8) is 0 Å². The van der Waals surface area contributed by atoms with E-state index >= 15 is 0 Å². The minimum atomic E-state index is -0.819. The first-order chi connectivity index (χ1) is 13.5. The molecule has 29 heavy (non-hydrogen) atoms. The van der Waals surface area contributed by atoms with E-state index < -0.39 is 42.0 Å². The average molecular weight is 416 g/mol. The molecule has 0 heterocycles. The topological polar surface area (TPSA) is 96.5 Å². The molecule has 0 radical (unpaired) electrons. The molecule has 0 saturated carbocycles. The molecule has 3 atom stereocenters. The first kappa shape index (κ1) is 26.7. The zero-order valence-corrected chi connectivity index (χ0v) is 19.1. The van der Waals surface area contributed by atoms with E-state index in [0.29, 0.717) is 13.0 Å². The third kappa shape index (κ3) is 7.91. The minimum absolute atomic E-state index is 0.289. The molecule has 9 nitrogen and oxygen atoms in total. The van der Waals surface area contributed by atoms with Gasteiger partial charge in [-0.1, -0.05) is 20.3 Å². The van der Waals surface area contributed by atoms with Crippen LogP contribution in [0.1, 0.15) is 53.9 Å². The number of rotatable bonds is 11. The molecule has 0 rings (SSSR count). The third-order valence-corrected chi connectivity index (χ3v) is 4.95. The quantitative estimate of drug-likeness (QED) is 0.378. The molecule has 0 aromatic rings. The number of esters is 1. The second-order valence-electron chi connectivity index (χ2n) is 7.17. The van der Waals surface area contributed by atoms with Gasteiger partial charge in [-0.15, -0.1) is 0 Å². The SMILES string of the molecule is CCCCOC(=O)N(C)C(C)C(=O)N(C)C(C)C(=O)N(C)C(C)C(=O)OCCC. The summed E-state index contributed by atoms with van der Waals surface area (Å²) in [5.74, 6) is -1.30. The Bertz CT molecular complexity index is 568. The number of unbranched alkanes of at least 4 members (excludes halogenated alkanes) is 1. The van der Waals surface area contributed by atoms with Gasteiger partial charge < -0.3 is 19.3 Å². The number of hydrogen-bond acceptors (Lipinski definition) is 6. The summed E-state index contributed by atoms with van der Waals surface area (Å²) in [6.45, 7) is 9.18. The van der Waals surface area contributed by atoms with Crippen molar-refractivity contribution < 1.29 is 28.7 Å². The predicted molar refractivity (Wildman–Crippen MR) is 109 cm³/mol. The highest BCUT2D eigenvalue weighted by atomic mass is 16.6. The lowest BCUT2D eigenvalue weighted by Crippen LogP contribution is -2.54. The monoisotopic (exact) mass is 415 g/mol. The fraction of sp³-hybridized carbons (Fsp3) is 0.800. The Labute approximate surface area is 174 Å². The van der Waals surface area contributed by atoms with Crippen LogP contribution in [-0.4, -0.2) is 91.1 Å². The highest BCUT2D eigenvalue weighted by molar-refractivity contribution is 5.92. The van der Waals surface area contributed by atoms with Gasteiger partial charge in [0.05, 0.1) is 13.2 Å². The van der Waals surface area contributed by atoms with Gasteiger partial charge in [-0.3, -0.25) is 14.5 Å². The van der Waals surface area contributed by atoms with Crippen LogP contribution in [0.15, 0.2) is 0 Å². The molecule has 0 bridgehead atoms. The number of ether oxygens (including phenoxy) is 2. The zero-order chi connectivity index (χ0) is 22.7. The summed E-state index contributed by atoms with van der Waals surface area (Å²) in [6.07, 6.45) is 1.75. The van der Waals surface area contributed by atoms with Gasteiger partial charge in [0.15, 0.2) is 0 Å². The van der Waals surface area contributed by atoms with Gasteiger partial charge in [-0.05, 0) is 33.6 Å². The Morgan fingerprint density at radius 1 is 0.690 bits per heavy atom. The molecule has 0 N–H and O–H groups in total. The largest absolute Gasteiger partial charge is 0.464 e. The molecule has 0 aliphatic rings. The molecule has 168 valence electrons. The van der Waals surface area contributed by atoms with Gasteiger partial charge in [0.2, 0.25) is 11.8 Å². The van der Waals surface area contributed by atoms with Crippen LogP contribution in [0.25, 0.3) is 0 Å². The standard InChI is InChI=1S/C20H37N3O6/c1-9-11-13-29-20(27)23(8)15(4)18(25)21(6)14(3)17(24)22(7)16(5)19(26)28-12-10-2/h14-16H,9-13H2,1-8H3. The van der Waals surface area contributed by atoms with Crippen molar-refractivity contribution >= 4 is 23.9 Å². The number of carbonyl (C=O) groups excluding carboxylic acids is 4. The molecule has 0 aliphatic carbocycles. The van der Waals surface area contributed by atoms with E-state index in [1.807, 2.05) is 13.8 Å². The van der Waals surface area contributed by atoms with Crippen molar-refractivity contribution in [1.82, 2.24) is 14.7 Å². The molecular weight excluding hydrogens is 378 g/mol. The fourth-order valence-electron chi connectivity index (χ4n) is 2.35. The maximum atomic E-state index is 12.7. The maximum absolute atomic E-state index is 12.7. The molecule has 0 saturated heterocycles. The van der Waals surface area contributed by atoms with Crippen LogP contribution < -0.4 is 0 Å². The molecule has 0 aromatic carbocycles. The lowest BCUT2D eigenvalue weighted by atomic mass is 10.2. The maximum Gasteiger partial charge on any atom is 0.410 e. The van der Waals surface area contributed by atoms with Crippen LogP contribution >= 0.6 is 0 Å². The van der Waals surface area contributed by atoms with Crippen LogP contribution in [-0.2, 0) is 23.9 Å². The van der Waals surface area contributed by atoms with Crippen molar-refractivity contribution in [2.24, 2.45) is 0 Å². The van der Waals surface area contributed by atoms with Crippen molar-refractivity contribution in [3.8, 4) is 0 Å². The number of nitrogens with zero attached hydrogens (tertiary/aromatic N) is 3. The highest BCUT2D eigenvalue weighted by Crippen LogP contribution is 2.10. The van der Waals surface area contributed by atoms with Crippen LogP contribution in [0.2, 0.25) is 0 Å². The normalized spacial score (nSPS) is 13.7. The van der Waals surface area contributed by atoms with Gasteiger partial charge in [-0.2, -0.15) is 0 Å². The summed E-state index contributed by atoms with van der Waals surface area (Å²) in [5.41, 5.74) is 0. The van der Waals surface area contributed by atoms with E-state index in [-0.39, 0.29) is 6.61 Å². The molecule has 0 fully saturated rings. The van der Waals surface area contributed by atoms with Crippen molar-refractivity contribution in [2.45, 2.75) is 72.0 Å². The Morgan fingerprint density at radius 2 is 1.17 bits per heavy atom. The first-order valence-electron chi connectivity index (χ1n) is 10.1. The average Bonchev–Trinajstić information content (AvgIpc) is 2.72. The summed E-state index contributed by atoms with van der Waals surface area (Å²) in [5, 5.41) is 0. The summed E-state index contributed by atoms with van der Waals surface area (Å²) >= 11 is 0. The summed E-state index contributed by atoms with van der Waals surface area (Å²) in [4.78, 5) is 53.3. The minimum Gasteiger partial charge on any atom is -0.464 e. The van der Waals surface area contributed by atoms with E-state index in [4.69, 9.17) is 9.47 Å². The Morgan fingerprint density at radius 3 is 1.66 bits per heavy atom. The van der Waals surface area contributed by atoms with E-state index in [2.05, 4.69) is 0 Å². The van der Waals surface area contributed by atoms with E-state index in [0.717, 1.165) is 12.8 Å². The van der Waals surface area contributed by atoms with Gasteiger partial charge in [0, 0.05) is 21.1 Å². The molecule has 0 aromatic heterocycles. The second-order valence-corrected chi connectivity index (χ2v) is 7.17. The van der Waals surface area contributed by atoms with Crippen LogP contribution in [0.5, 0.6) is 0 Å². The van der Waals surface area contributed by atoms with E-state index in [1.165, 1.54) is 35.8 Å². The smallest absolute Gasteiger partial charge is 0.410 e. The third-order valence-electron chi connectivity index (χ3n) is 4.95. The van der Waals surface area contributed by atoms with Crippen molar-refractivity contribution in [3.05, 3.63) is 0 Å². The Kier molecular flexibility index (Phi) is 12.0. The van der Waals surface area contributed by atoms with Gasteiger partial charge in [0.1, 0.15) is 18.1 Å². The molecule has 3 unspecified atom stereocenters. The molecular formula is C20H37N3O6. The van der Waals surface area contributed by atoms with E-state index in [9.17, 15) is 19.2 Å². The van der Waals surface area contributed by atoms with Crippen LogP contribution in [0.4, 0.5) is 4.79 Å². The van der Waals surface area contributed by atoms with E-state index in [1.54, 1.807) is 20.8 Å². The number of carbonyl (C=O) groups is 4. The van der Waals surface area contributed by atoms with Crippen LogP contribution in [0.3, 0.4) is 0 Å². The lowest BCUT2D eigenvalue weighted by Gasteiger charge is -2.33. The summed E-state index contributed by atoms with van der Waals surface area (Å²) in [6, 6.07) is -2.39. The summed E-state index contributed by atoms with van der Waals surface area (Å²) < 4.78 is 10.2. The Balaban J connectivity index is 4.95. The Hall–Kier alpha value is -2.32. The van der Waals surface area contributed by atoms with Gasteiger partial charge >= 0.3 is 12.1 Å². The highest BCUT2D eigenvalue weighted by Gasteiger charge is 2.34. The van der Waals surface area contributed by atoms with Crippen molar-refractivity contribution in [2.75, 3.05) is 34.4 Å². The number of amides is 3. The van der Waals surface area contributed by atoms with Gasteiger partial charge in [0.25, 0.3) is 0 Å². The molecule has 3 amide bonds. The molecule has 0 spiro atoms. The first-order valence-corrected chi connectivity index (χ1v) is 10.1. The number of hydrogen-bond donors (Lipinski definition) is 0. The molecule has 9 heteroatoms. The summed E-state index contributed by atoms with van der Waals surface area (Å²) in [7, 11) is 4.47. The lowest BCUT2D eigenvalue weighted by molar-refractivity contribution is -0.156. The zero-order valence-electron chi connectivity index (χ0n) is 19.1. The molecule has 0 aliphatic heterocycles. The predicted octanol–water partition coefficient (Wildman–Crippen LogP) is 1.89.